The highest BCUT2D eigenvalue weighted by Gasteiger charge is 2.53. The van der Waals surface area contributed by atoms with Crippen molar-refractivity contribution in [1.82, 2.24) is 15.3 Å². The molecule has 9 heteroatoms. The molecule has 0 amide bonds. The number of anilines is 2. The van der Waals surface area contributed by atoms with Crippen molar-refractivity contribution in [3.8, 4) is 0 Å². The Morgan fingerprint density at radius 3 is 2.54 bits per heavy atom. The Balaban J connectivity index is 1.45. The van der Waals surface area contributed by atoms with Gasteiger partial charge in [-0.1, -0.05) is 12.1 Å². The molecule has 3 atom stereocenters. The van der Waals surface area contributed by atoms with Crippen LogP contribution in [0.5, 0.6) is 0 Å². The van der Waals surface area contributed by atoms with E-state index < -0.39 is 0 Å². The number of piperidine rings is 1. The summed E-state index contributed by atoms with van der Waals surface area (Å²) in [4.78, 5) is 10.7. The number of nitrogens with zero attached hydrogens (tertiary/aromatic N) is 3. The van der Waals surface area contributed by atoms with Crippen molar-refractivity contribution in [1.29, 1.82) is 10.8 Å². The van der Waals surface area contributed by atoms with Crippen molar-refractivity contribution in [2.24, 2.45) is 17.6 Å². The van der Waals surface area contributed by atoms with Crippen molar-refractivity contribution in [3.63, 3.8) is 0 Å². The summed E-state index contributed by atoms with van der Waals surface area (Å²) < 4.78 is 5.40. The molecular weight excluding hydrogens is 356 g/mol. The lowest BCUT2D eigenvalue weighted by Gasteiger charge is -2.20. The number of fused-ring (bicyclic) bond motifs is 1. The van der Waals surface area contributed by atoms with Crippen LogP contribution in [0.2, 0.25) is 0 Å². The average molecular weight is 380 g/mol. The Hall–Kier alpha value is -3.04. The van der Waals surface area contributed by atoms with E-state index in [9.17, 15) is 0 Å². The summed E-state index contributed by atoms with van der Waals surface area (Å²) in [5.74, 6) is 1.35. The Morgan fingerprint density at radius 1 is 1.21 bits per heavy atom. The summed E-state index contributed by atoms with van der Waals surface area (Å²) in [5, 5.41) is 19.4. The van der Waals surface area contributed by atoms with Crippen LogP contribution in [-0.4, -0.2) is 47.9 Å². The first kappa shape index (κ1) is 18.3. The minimum absolute atomic E-state index is 0.104. The van der Waals surface area contributed by atoms with Crippen LogP contribution in [0.25, 0.3) is 0 Å². The van der Waals surface area contributed by atoms with E-state index in [0.29, 0.717) is 29.3 Å². The first-order chi connectivity index (χ1) is 13.5. The van der Waals surface area contributed by atoms with Crippen LogP contribution < -0.4 is 21.7 Å². The first-order valence-electron chi connectivity index (χ1n) is 9.20. The molecule has 0 radical (unpaired) electrons. The number of nitrogens with one attached hydrogen (secondary N) is 3. The van der Waals surface area contributed by atoms with Gasteiger partial charge in [0.05, 0.1) is 6.20 Å². The van der Waals surface area contributed by atoms with Crippen LogP contribution in [-0.2, 0) is 11.3 Å². The number of aromatic nitrogens is 2. The smallest absolute Gasteiger partial charge is 0.243 e. The van der Waals surface area contributed by atoms with E-state index in [1.807, 2.05) is 19.2 Å². The fourth-order valence-corrected chi connectivity index (χ4v) is 3.66. The molecule has 2 heterocycles. The Bertz CT molecular complexity index is 901. The van der Waals surface area contributed by atoms with Crippen molar-refractivity contribution in [3.05, 3.63) is 47.3 Å². The van der Waals surface area contributed by atoms with Gasteiger partial charge in [0.15, 0.2) is 11.5 Å². The Labute approximate surface area is 163 Å². The van der Waals surface area contributed by atoms with Gasteiger partial charge in [0.1, 0.15) is 5.82 Å². The van der Waals surface area contributed by atoms with Crippen molar-refractivity contribution < 1.29 is 4.74 Å². The lowest BCUT2D eigenvalue weighted by Crippen LogP contribution is -2.29. The third-order valence-corrected chi connectivity index (χ3v) is 5.39. The SMILES string of the molecule is CNCc1ccc(C(=N)OC(=N)c2nc(N3CC4[C@@H](N)[C@H]4C3)cnc2N)cc1. The molecule has 9 nitrogen and oxygen atoms in total. The number of benzene rings is 1. The quantitative estimate of drug-likeness (QED) is 0.375. The second kappa shape index (κ2) is 7.17. The molecule has 1 unspecified atom stereocenters. The van der Waals surface area contributed by atoms with E-state index in [-0.39, 0.29) is 23.3 Å². The fourth-order valence-electron chi connectivity index (χ4n) is 3.66. The van der Waals surface area contributed by atoms with Gasteiger partial charge in [-0.05, 0) is 36.6 Å². The van der Waals surface area contributed by atoms with Crippen LogP contribution in [0.4, 0.5) is 11.6 Å². The Morgan fingerprint density at radius 2 is 1.89 bits per heavy atom. The monoisotopic (exact) mass is 380 g/mol. The van der Waals surface area contributed by atoms with Crippen LogP contribution in [0.15, 0.2) is 30.5 Å². The molecule has 2 fully saturated rings. The fraction of sp³-hybridized carbons (Fsp3) is 0.368. The van der Waals surface area contributed by atoms with Gasteiger partial charge in [0.25, 0.3) is 0 Å². The highest BCUT2D eigenvalue weighted by Crippen LogP contribution is 2.44. The average Bonchev–Trinajstić information content (AvgIpc) is 3.09. The van der Waals surface area contributed by atoms with Gasteiger partial charge in [0.2, 0.25) is 11.8 Å². The zero-order chi connectivity index (χ0) is 19.8. The van der Waals surface area contributed by atoms with Crippen LogP contribution in [0.1, 0.15) is 16.8 Å². The van der Waals surface area contributed by atoms with Gasteiger partial charge < -0.3 is 26.4 Å². The lowest BCUT2D eigenvalue weighted by molar-refractivity contribution is 0.535. The van der Waals surface area contributed by atoms with Crippen molar-refractivity contribution in [2.45, 2.75) is 12.6 Å². The molecule has 1 aromatic carbocycles. The molecule has 4 rings (SSSR count). The third-order valence-electron chi connectivity index (χ3n) is 5.39. The maximum Gasteiger partial charge on any atom is 0.243 e. The second-order valence-electron chi connectivity index (χ2n) is 7.26. The second-order valence-corrected chi connectivity index (χ2v) is 7.26. The van der Waals surface area contributed by atoms with Gasteiger partial charge in [-0.2, -0.15) is 0 Å². The number of rotatable bonds is 5. The summed E-state index contributed by atoms with van der Waals surface area (Å²) in [6.07, 6.45) is 1.61. The number of hydrogen-bond acceptors (Lipinski definition) is 9. The normalized spacial score (nSPS) is 22.6. The minimum atomic E-state index is -0.294. The molecule has 1 saturated carbocycles. The van der Waals surface area contributed by atoms with Gasteiger partial charge in [-0.25, -0.2) is 9.97 Å². The summed E-state index contributed by atoms with van der Waals surface area (Å²) in [6, 6.07) is 7.68. The minimum Gasteiger partial charge on any atom is -0.419 e. The molecule has 146 valence electrons. The molecule has 1 aromatic heterocycles. The highest BCUT2D eigenvalue weighted by atomic mass is 16.5. The predicted molar refractivity (Wildman–Crippen MR) is 108 cm³/mol. The largest absolute Gasteiger partial charge is 0.419 e. The van der Waals surface area contributed by atoms with E-state index in [0.717, 1.165) is 25.2 Å². The zero-order valence-corrected chi connectivity index (χ0v) is 15.6. The molecule has 2 aliphatic rings. The molecule has 1 saturated heterocycles. The Kier molecular flexibility index (Phi) is 4.70. The van der Waals surface area contributed by atoms with Crippen molar-refractivity contribution >= 4 is 23.4 Å². The molecule has 1 aliphatic heterocycles. The predicted octanol–water partition coefficient (Wildman–Crippen LogP) is 0.539. The molecular formula is C19H24N8O. The number of nitrogen functional groups attached to an aromatic ring is 1. The molecule has 1 aliphatic carbocycles. The maximum absolute atomic E-state index is 8.21. The van der Waals surface area contributed by atoms with Gasteiger partial charge in [-0.3, -0.25) is 10.8 Å². The lowest BCUT2D eigenvalue weighted by atomic mass is 10.1. The molecule has 28 heavy (non-hydrogen) atoms. The van der Waals surface area contributed by atoms with E-state index in [2.05, 4.69) is 20.2 Å². The van der Waals surface area contributed by atoms with Crippen LogP contribution in [0, 0.1) is 22.7 Å². The van der Waals surface area contributed by atoms with E-state index >= 15 is 0 Å². The highest BCUT2D eigenvalue weighted by molar-refractivity contribution is 6.05. The molecule has 0 spiro atoms. The summed E-state index contributed by atoms with van der Waals surface area (Å²) in [5.41, 5.74) is 13.7. The van der Waals surface area contributed by atoms with Gasteiger partial charge in [0, 0.05) is 31.2 Å². The van der Waals surface area contributed by atoms with Gasteiger partial charge in [-0.15, -0.1) is 0 Å². The number of nitrogens with two attached hydrogens (primary N) is 2. The maximum atomic E-state index is 8.21. The number of hydrogen-bond donors (Lipinski definition) is 5. The first-order valence-corrected chi connectivity index (χ1v) is 9.20. The molecule has 7 N–H and O–H groups in total. The molecule has 2 aromatic rings. The summed E-state index contributed by atoms with van der Waals surface area (Å²) in [6.45, 7) is 2.42. The zero-order valence-electron chi connectivity index (χ0n) is 15.6. The van der Waals surface area contributed by atoms with E-state index in [1.54, 1.807) is 18.3 Å². The van der Waals surface area contributed by atoms with Crippen molar-refractivity contribution in [2.75, 3.05) is 30.8 Å². The van der Waals surface area contributed by atoms with Crippen LogP contribution in [0.3, 0.4) is 0 Å². The molecule has 0 bridgehead atoms. The van der Waals surface area contributed by atoms with Gasteiger partial charge >= 0.3 is 0 Å². The summed E-state index contributed by atoms with van der Waals surface area (Å²) >= 11 is 0. The topological polar surface area (TPSA) is 150 Å². The summed E-state index contributed by atoms with van der Waals surface area (Å²) in [7, 11) is 1.87. The standard InChI is InChI=1S/C19H24N8O/c1-24-6-10-2-4-11(5-3-10)18(22)28-19(23)16-17(21)25-7-14(26-16)27-8-12-13(9-27)15(12)20/h2-5,7,12-13,15,22-24H,6,8-9,20H2,1H3,(H2,21,25)/t12-,13?,15-/m0/s1. The number of ether oxygens (including phenoxy) is 1. The third kappa shape index (κ3) is 3.41. The van der Waals surface area contributed by atoms with E-state index in [4.69, 9.17) is 27.0 Å². The van der Waals surface area contributed by atoms with E-state index in [1.165, 1.54) is 0 Å². The van der Waals surface area contributed by atoms with Crippen LogP contribution >= 0.6 is 0 Å².